The van der Waals surface area contributed by atoms with Crippen LogP contribution in [0.4, 0.5) is 5.82 Å². The summed E-state index contributed by atoms with van der Waals surface area (Å²) in [6.45, 7) is 5.88. The summed E-state index contributed by atoms with van der Waals surface area (Å²) in [5, 5.41) is 10.7. The Morgan fingerprint density at radius 3 is 2.70 bits per heavy atom. The van der Waals surface area contributed by atoms with Gasteiger partial charge in [0.1, 0.15) is 5.69 Å². The molecule has 0 aliphatic rings. The van der Waals surface area contributed by atoms with E-state index in [4.69, 9.17) is 0 Å². The third kappa shape index (κ3) is 2.07. The van der Waals surface area contributed by atoms with Crippen LogP contribution in [0.1, 0.15) is 27.3 Å². The van der Waals surface area contributed by atoms with E-state index in [2.05, 4.69) is 26.6 Å². The van der Waals surface area contributed by atoms with Crippen LogP contribution in [0.5, 0.6) is 0 Å². The molecule has 5 heteroatoms. The molecule has 0 saturated carbocycles. The molecular formula is C15H16N4O. The van der Waals surface area contributed by atoms with E-state index < -0.39 is 0 Å². The lowest BCUT2D eigenvalue weighted by Gasteiger charge is -2.00. The van der Waals surface area contributed by atoms with E-state index in [-0.39, 0.29) is 5.91 Å². The monoisotopic (exact) mass is 268 g/mol. The first-order valence-electron chi connectivity index (χ1n) is 6.47. The summed E-state index contributed by atoms with van der Waals surface area (Å²) >= 11 is 0. The number of aromatic nitrogens is 3. The highest BCUT2D eigenvalue weighted by molar-refractivity contribution is 6.07. The molecule has 0 aliphatic heterocycles. The van der Waals surface area contributed by atoms with Crippen molar-refractivity contribution in [2.45, 2.75) is 20.8 Å². The van der Waals surface area contributed by atoms with Crippen molar-refractivity contribution in [3.8, 4) is 0 Å². The van der Waals surface area contributed by atoms with Gasteiger partial charge in [0, 0.05) is 22.7 Å². The van der Waals surface area contributed by atoms with Crippen LogP contribution in [0, 0.1) is 20.8 Å². The fraction of sp³-hybridized carbons (Fsp3) is 0.200. The first-order chi connectivity index (χ1) is 9.54. The number of aromatic amines is 2. The van der Waals surface area contributed by atoms with Crippen LogP contribution in [-0.4, -0.2) is 21.1 Å². The Labute approximate surface area is 116 Å². The maximum atomic E-state index is 12.3. The molecule has 3 rings (SSSR count). The van der Waals surface area contributed by atoms with Crippen LogP contribution < -0.4 is 5.32 Å². The van der Waals surface area contributed by atoms with E-state index in [1.54, 1.807) is 6.07 Å². The van der Waals surface area contributed by atoms with Gasteiger partial charge in [0.25, 0.3) is 5.91 Å². The molecule has 3 N–H and O–H groups in total. The summed E-state index contributed by atoms with van der Waals surface area (Å²) in [5.74, 6) is 0.351. The zero-order chi connectivity index (χ0) is 14.3. The van der Waals surface area contributed by atoms with E-state index in [0.717, 1.165) is 22.2 Å². The molecule has 1 amide bonds. The van der Waals surface area contributed by atoms with E-state index in [9.17, 15) is 4.79 Å². The van der Waals surface area contributed by atoms with E-state index in [1.807, 2.05) is 32.9 Å². The third-order valence-corrected chi connectivity index (χ3v) is 3.39. The number of carbonyl (C=O) groups is 1. The molecule has 2 aromatic heterocycles. The van der Waals surface area contributed by atoms with Crippen molar-refractivity contribution in [2.24, 2.45) is 0 Å². The summed E-state index contributed by atoms with van der Waals surface area (Å²) < 4.78 is 0. The Morgan fingerprint density at radius 2 is 2.00 bits per heavy atom. The number of carbonyl (C=O) groups excluding carboxylic acids is 1. The highest BCUT2D eigenvalue weighted by Crippen LogP contribution is 2.23. The van der Waals surface area contributed by atoms with Crippen LogP contribution >= 0.6 is 0 Å². The number of hydrogen-bond donors (Lipinski definition) is 3. The number of H-pyrrole nitrogens is 2. The third-order valence-electron chi connectivity index (χ3n) is 3.39. The van der Waals surface area contributed by atoms with Crippen molar-refractivity contribution in [1.29, 1.82) is 0 Å². The zero-order valence-electron chi connectivity index (χ0n) is 11.7. The minimum Gasteiger partial charge on any atom is -0.350 e. The van der Waals surface area contributed by atoms with Gasteiger partial charge in [0.2, 0.25) is 0 Å². The Balaban J connectivity index is 1.97. The molecule has 0 atom stereocenters. The number of fused-ring (bicyclic) bond motifs is 1. The maximum absolute atomic E-state index is 12.3. The van der Waals surface area contributed by atoms with Gasteiger partial charge in [-0.05, 0) is 38.5 Å². The van der Waals surface area contributed by atoms with Crippen molar-refractivity contribution < 1.29 is 4.79 Å². The second kappa shape index (κ2) is 4.52. The lowest BCUT2D eigenvalue weighted by molar-refractivity contribution is 0.102. The topological polar surface area (TPSA) is 73.6 Å². The molecule has 0 unspecified atom stereocenters. The average molecular weight is 268 g/mol. The molecular weight excluding hydrogens is 252 g/mol. The highest BCUT2D eigenvalue weighted by atomic mass is 16.2. The largest absolute Gasteiger partial charge is 0.350 e. The predicted octanol–water partition coefficient (Wildman–Crippen LogP) is 3.07. The Kier molecular flexibility index (Phi) is 2.82. The molecule has 1 aromatic carbocycles. The number of amides is 1. The van der Waals surface area contributed by atoms with Gasteiger partial charge in [-0.15, -0.1) is 0 Å². The fourth-order valence-electron chi connectivity index (χ4n) is 2.33. The van der Waals surface area contributed by atoms with Crippen LogP contribution in [0.25, 0.3) is 10.9 Å². The van der Waals surface area contributed by atoms with Gasteiger partial charge in [0.15, 0.2) is 5.82 Å². The first-order valence-corrected chi connectivity index (χ1v) is 6.47. The van der Waals surface area contributed by atoms with Crippen molar-refractivity contribution in [2.75, 3.05) is 5.32 Å². The lowest BCUT2D eigenvalue weighted by atomic mass is 10.1. The maximum Gasteiger partial charge on any atom is 0.273 e. The number of nitrogens with zero attached hydrogens (tertiary/aromatic N) is 1. The molecule has 5 nitrogen and oxygen atoms in total. The summed E-state index contributed by atoms with van der Waals surface area (Å²) in [7, 11) is 0. The van der Waals surface area contributed by atoms with E-state index in [1.165, 1.54) is 5.56 Å². The minimum atomic E-state index is -0.178. The van der Waals surface area contributed by atoms with Gasteiger partial charge in [-0.2, -0.15) is 5.10 Å². The van der Waals surface area contributed by atoms with Crippen molar-refractivity contribution in [1.82, 2.24) is 15.2 Å². The highest BCUT2D eigenvalue weighted by Gasteiger charge is 2.15. The molecule has 0 radical (unpaired) electrons. The Hall–Kier alpha value is -2.56. The fourth-order valence-corrected chi connectivity index (χ4v) is 2.33. The normalized spacial score (nSPS) is 10.9. The number of anilines is 1. The van der Waals surface area contributed by atoms with Gasteiger partial charge in [-0.1, -0.05) is 11.6 Å². The summed E-state index contributed by atoms with van der Waals surface area (Å²) in [6, 6.07) is 7.89. The van der Waals surface area contributed by atoms with Gasteiger partial charge in [-0.25, -0.2) is 0 Å². The molecule has 20 heavy (non-hydrogen) atoms. The lowest BCUT2D eigenvalue weighted by Crippen LogP contribution is -2.13. The average Bonchev–Trinajstić information content (AvgIpc) is 2.94. The molecule has 0 spiro atoms. The summed E-state index contributed by atoms with van der Waals surface area (Å²) in [5.41, 5.74) is 4.58. The van der Waals surface area contributed by atoms with E-state index in [0.29, 0.717) is 11.5 Å². The van der Waals surface area contributed by atoms with Crippen LogP contribution in [-0.2, 0) is 0 Å². The molecule has 0 fully saturated rings. The van der Waals surface area contributed by atoms with Crippen molar-refractivity contribution >= 4 is 22.6 Å². The van der Waals surface area contributed by atoms with Crippen molar-refractivity contribution in [3.63, 3.8) is 0 Å². The number of aryl methyl sites for hydroxylation is 3. The smallest absolute Gasteiger partial charge is 0.273 e. The zero-order valence-corrected chi connectivity index (χ0v) is 11.7. The number of benzene rings is 1. The molecule has 0 saturated heterocycles. The molecule has 2 heterocycles. The number of rotatable bonds is 2. The Bertz CT molecular complexity index is 797. The standard InChI is InChI=1S/C15H16N4O/c1-8-4-5-12-11(6-8)10(3)14(16-12)15(20)17-13-7-9(2)18-19-13/h4-7,16H,1-3H3,(H2,17,18,19,20). The Morgan fingerprint density at radius 1 is 1.20 bits per heavy atom. The predicted molar refractivity (Wildman–Crippen MR) is 79.1 cm³/mol. The summed E-state index contributed by atoms with van der Waals surface area (Å²) in [4.78, 5) is 15.5. The van der Waals surface area contributed by atoms with Crippen LogP contribution in [0.3, 0.4) is 0 Å². The van der Waals surface area contributed by atoms with Gasteiger partial charge < -0.3 is 10.3 Å². The SMILES string of the molecule is Cc1ccc2[nH]c(C(=O)Nc3cc(C)[nH]n3)c(C)c2c1. The summed E-state index contributed by atoms with van der Waals surface area (Å²) in [6.07, 6.45) is 0. The van der Waals surface area contributed by atoms with Crippen LogP contribution in [0.2, 0.25) is 0 Å². The molecule has 0 bridgehead atoms. The molecule has 3 aromatic rings. The van der Waals surface area contributed by atoms with Crippen LogP contribution in [0.15, 0.2) is 24.3 Å². The number of nitrogens with one attached hydrogen (secondary N) is 3. The minimum absolute atomic E-state index is 0.178. The van der Waals surface area contributed by atoms with E-state index >= 15 is 0 Å². The second-order valence-electron chi connectivity index (χ2n) is 5.06. The second-order valence-corrected chi connectivity index (χ2v) is 5.06. The first kappa shape index (κ1) is 12.5. The number of hydrogen-bond acceptors (Lipinski definition) is 2. The van der Waals surface area contributed by atoms with Crippen molar-refractivity contribution in [3.05, 3.63) is 46.8 Å². The molecule has 102 valence electrons. The van der Waals surface area contributed by atoms with Gasteiger partial charge in [0.05, 0.1) is 0 Å². The van der Waals surface area contributed by atoms with Gasteiger partial charge in [-0.3, -0.25) is 9.89 Å². The quantitative estimate of drug-likeness (QED) is 0.668. The van der Waals surface area contributed by atoms with Gasteiger partial charge >= 0.3 is 0 Å². The molecule has 0 aliphatic carbocycles.